The summed E-state index contributed by atoms with van der Waals surface area (Å²) in [7, 11) is 0. The van der Waals surface area contributed by atoms with Crippen LogP contribution in [0, 0.1) is 6.92 Å². The number of hydrogen-bond acceptors (Lipinski definition) is 8. The zero-order chi connectivity index (χ0) is 20.0. The molecule has 1 saturated heterocycles. The van der Waals surface area contributed by atoms with E-state index in [0.717, 1.165) is 26.2 Å². The van der Waals surface area contributed by atoms with E-state index in [9.17, 15) is 24.9 Å². The van der Waals surface area contributed by atoms with Crippen molar-refractivity contribution in [2.75, 3.05) is 6.61 Å². The molecule has 3 aromatic rings. The van der Waals surface area contributed by atoms with Crippen LogP contribution in [0.3, 0.4) is 0 Å². The normalized spacial score (nSPS) is 24.9. The maximum absolute atomic E-state index is 12.9. The minimum atomic E-state index is -1.43. The molecule has 1 fully saturated rings. The van der Waals surface area contributed by atoms with Crippen molar-refractivity contribution in [1.29, 1.82) is 0 Å². The lowest BCUT2D eigenvalue weighted by atomic mass is 10.1. The zero-order valence-corrected chi connectivity index (χ0v) is 14.9. The molecule has 1 aliphatic heterocycles. The highest BCUT2D eigenvalue weighted by Crippen LogP contribution is 2.28. The first-order valence-corrected chi connectivity index (χ1v) is 8.70. The number of rotatable bonds is 4. The Morgan fingerprint density at radius 2 is 1.96 bits per heavy atom. The van der Waals surface area contributed by atoms with Crippen molar-refractivity contribution in [3.8, 4) is 0 Å². The molecular formula is C18H19N3O7. The molecule has 10 nitrogen and oxygen atoms in total. The van der Waals surface area contributed by atoms with E-state index in [4.69, 9.17) is 9.26 Å². The first-order valence-electron chi connectivity index (χ1n) is 8.70. The lowest BCUT2D eigenvalue weighted by Gasteiger charge is -2.18. The summed E-state index contributed by atoms with van der Waals surface area (Å²) in [4.78, 5) is 25.2. The molecule has 0 spiro atoms. The number of benzene rings is 1. The van der Waals surface area contributed by atoms with Crippen molar-refractivity contribution in [3.63, 3.8) is 0 Å². The van der Waals surface area contributed by atoms with Gasteiger partial charge in [-0.1, -0.05) is 17.3 Å². The van der Waals surface area contributed by atoms with E-state index < -0.39 is 42.4 Å². The first kappa shape index (κ1) is 18.6. The standard InChI is InChI=1S/C18H19N3O7/c1-9-3-2-4-11-14(9)10(19-28-11)7-21-13(23)5-6-20(18(21)26)17-16(25)15(24)12(8-22)27-17/h2-6,12,15-17,22,24-25H,7-8H2,1H3/t12-,15?,16+,17-/m1/s1. The molecule has 3 heterocycles. The van der Waals surface area contributed by atoms with Crippen LogP contribution in [0.4, 0.5) is 0 Å². The highest BCUT2D eigenvalue weighted by atomic mass is 16.6. The predicted octanol–water partition coefficient (Wildman–Crippen LogP) is -0.881. The minimum Gasteiger partial charge on any atom is -0.394 e. The molecule has 4 rings (SSSR count). The Balaban J connectivity index is 1.76. The summed E-state index contributed by atoms with van der Waals surface area (Å²) < 4.78 is 12.6. The number of aromatic nitrogens is 3. The molecule has 0 radical (unpaired) electrons. The molecule has 4 atom stereocenters. The number of aliphatic hydroxyl groups excluding tert-OH is 3. The first-order chi connectivity index (χ1) is 13.4. The molecule has 0 saturated carbocycles. The molecule has 0 aliphatic carbocycles. The van der Waals surface area contributed by atoms with Gasteiger partial charge in [0.05, 0.1) is 13.2 Å². The van der Waals surface area contributed by atoms with E-state index in [1.165, 1.54) is 6.20 Å². The number of ether oxygens (including phenoxy) is 1. The lowest BCUT2D eigenvalue weighted by molar-refractivity contribution is -0.0555. The van der Waals surface area contributed by atoms with Crippen molar-refractivity contribution >= 4 is 11.0 Å². The third-order valence-corrected chi connectivity index (χ3v) is 4.97. The van der Waals surface area contributed by atoms with E-state index in [1.54, 1.807) is 6.07 Å². The molecule has 1 unspecified atom stereocenters. The van der Waals surface area contributed by atoms with Gasteiger partial charge in [0.25, 0.3) is 5.56 Å². The summed E-state index contributed by atoms with van der Waals surface area (Å²) in [6.07, 6.45) is -3.87. The highest BCUT2D eigenvalue weighted by molar-refractivity contribution is 5.82. The van der Waals surface area contributed by atoms with Crippen LogP contribution < -0.4 is 11.2 Å². The second kappa shape index (κ2) is 6.99. The van der Waals surface area contributed by atoms with Crippen LogP contribution in [0.5, 0.6) is 0 Å². The van der Waals surface area contributed by atoms with Crippen LogP contribution in [0.25, 0.3) is 11.0 Å². The zero-order valence-electron chi connectivity index (χ0n) is 14.9. The SMILES string of the molecule is Cc1cccc2onc(Cn3c(=O)ccn([C@@H]4O[C@H](CO)C(O)[C@@H]4O)c3=O)c12. The van der Waals surface area contributed by atoms with Gasteiger partial charge in [0, 0.05) is 17.6 Å². The fourth-order valence-electron chi connectivity index (χ4n) is 3.47. The van der Waals surface area contributed by atoms with E-state index in [1.807, 2.05) is 19.1 Å². The Morgan fingerprint density at radius 3 is 2.68 bits per heavy atom. The van der Waals surface area contributed by atoms with Crippen molar-refractivity contribution in [2.24, 2.45) is 0 Å². The monoisotopic (exact) mass is 389 g/mol. The van der Waals surface area contributed by atoms with Crippen molar-refractivity contribution in [3.05, 3.63) is 62.6 Å². The Labute approximate surface area is 157 Å². The van der Waals surface area contributed by atoms with E-state index >= 15 is 0 Å². The quantitative estimate of drug-likeness (QED) is 0.523. The Kier molecular flexibility index (Phi) is 4.63. The number of nitrogens with zero attached hydrogens (tertiary/aromatic N) is 3. The number of aliphatic hydroxyl groups is 3. The molecule has 0 amide bonds. The Bertz CT molecular complexity index is 1130. The number of fused-ring (bicyclic) bond motifs is 1. The maximum Gasteiger partial charge on any atom is 0.333 e. The summed E-state index contributed by atoms with van der Waals surface area (Å²) in [6, 6.07) is 6.58. The summed E-state index contributed by atoms with van der Waals surface area (Å²) in [5, 5.41) is 34.0. The van der Waals surface area contributed by atoms with Crippen LogP contribution in [-0.2, 0) is 11.3 Å². The lowest BCUT2D eigenvalue weighted by Crippen LogP contribution is -2.43. The summed E-state index contributed by atoms with van der Waals surface area (Å²) in [6.45, 7) is 1.21. The predicted molar refractivity (Wildman–Crippen MR) is 95.8 cm³/mol. The maximum atomic E-state index is 12.9. The average Bonchev–Trinajstić information content (AvgIpc) is 3.22. The molecule has 148 valence electrons. The molecule has 28 heavy (non-hydrogen) atoms. The molecule has 1 aromatic carbocycles. The van der Waals surface area contributed by atoms with Gasteiger partial charge in [-0.05, 0) is 18.6 Å². The van der Waals surface area contributed by atoms with Gasteiger partial charge >= 0.3 is 5.69 Å². The third kappa shape index (κ3) is 2.87. The smallest absolute Gasteiger partial charge is 0.333 e. The van der Waals surface area contributed by atoms with Crippen molar-refractivity contribution in [2.45, 2.75) is 38.0 Å². The van der Waals surface area contributed by atoms with E-state index in [-0.39, 0.29) is 6.54 Å². The topological polar surface area (TPSA) is 140 Å². The molecule has 1 aliphatic rings. The summed E-state index contributed by atoms with van der Waals surface area (Å²) in [5.74, 6) is 0. The van der Waals surface area contributed by atoms with Crippen LogP contribution in [0.2, 0.25) is 0 Å². The molecule has 3 N–H and O–H groups in total. The van der Waals surface area contributed by atoms with E-state index in [0.29, 0.717) is 11.3 Å². The second-order valence-corrected chi connectivity index (χ2v) is 6.74. The molecule has 10 heteroatoms. The van der Waals surface area contributed by atoms with E-state index in [2.05, 4.69) is 5.16 Å². The molecular weight excluding hydrogens is 370 g/mol. The van der Waals surface area contributed by atoms with Gasteiger partial charge in [-0.15, -0.1) is 0 Å². The average molecular weight is 389 g/mol. The van der Waals surface area contributed by atoms with Gasteiger partial charge in [-0.2, -0.15) is 0 Å². The van der Waals surface area contributed by atoms with Gasteiger partial charge in [0.1, 0.15) is 24.0 Å². The van der Waals surface area contributed by atoms with Crippen LogP contribution in [0.15, 0.2) is 44.6 Å². The minimum absolute atomic E-state index is 0.134. The van der Waals surface area contributed by atoms with Crippen LogP contribution >= 0.6 is 0 Å². The van der Waals surface area contributed by atoms with Crippen LogP contribution in [-0.4, -0.2) is 54.5 Å². The van der Waals surface area contributed by atoms with Gasteiger partial charge in [0.2, 0.25) is 0 Å². The van der Waals surface area contributed by atoms with Gasteiger partial charge in [0.15, 0.2) is 11.8 Å². The summed E-state index contributed by atoms with van der Waals surface area (Å²) in [5.41, 5.74) is 0.556. The summed E-state index contributed by atoms with van der Waals surface area (Å²) >= 11 is 0. The van der Waals surface area contributed by atoms with Crippen molar-refractivity contribution < 1.29 is 24.6 Å². The molecule has 0 bridgehead atoms. The fourth-order valence-corrected chi connectivity index (χ4v) is 3.47. The van der Waals surface area contributed by atoms with Gasteiger partial charge in [-0.25, -0.2) is 4.79 Å². The second-order valence-electron chi connectivity index (χ2n) is 6.74. The highest BCUT2D eigenvalue weighted by Gasteiger charge is 2.43. The van der Waals surface area contributed by atoms with Crippen LogP contribution in [0.1, 0.15) is 17.5 Å². The molecule has 2 aromatic heterocycles. The van der Waals surface area contributed by atoms with Crippen molar-refractivity contribution in [1.82, 2.24) is 14.3 Å². The largest absolute Gasteiger partial charge is 0.394 e. The van der Waals surface area contributed by atoms with Gasteiger partial charge in [-0.3, -0.25) is 13.9 Å². The number of hydrogen-bond donors (Lipinski definition) is 3. The van der Waals surface area contributed by atoms with Gasteiger partial charge < -0.3 is 24.6 Å². The number of aryl methyl sites for hydroxylation is 1. The fraction of sp³-hybridized carbons (Fsp3) is 0.389. The Hall–Kier alpha value is -2.79. The Morgan fingerprint density at radius 1 is 1.18 bits per heavy atom. The third-order valence-electron chi connectivity index (χ3n) is 4.97.